The van der Waals surface area contributed by atoms with Crippen LogP contribution < -0.4 is 5.32 Å². The molecule has 0 atom stereocenters. The van der Waals surface area contributed by atoms with Crippen molar-refractivity contribution in [3.05, 3.63) is 29.8 Å². The van der Waals surface area contributed by atoms with Crippen molar-refractivity contribution < 1.29 is 9.59 Å². The topological polar surface area (TPSA) is 52.7 Å². The van der Waals surface area contributed by atoms with Crippen molar-refractivity contribution in [2.45, 2.75) is 0 Å². The Kier molecular flexibility index (Phi) is 3.82. The lowest BCUT2D eigenvalue weighted by Crippen LogP contribution is -2.48. The summed E-state index contributed by atoms with van der Waals surface area (Å²) < 4.78 is 0. The number of carbonyl (C=O) groups excluding carboxylic acids is 2. The van der Waals surface area contributed by atoms with Gasteiger partial charge in [-0.2, -0.15) is 0 Å². The number of hydrogen-bond donors (Lipinski definition) is 1. The molecule has 5 heteroatoms. The Bertz CT molecular complexity index is 440. The first-order chi connectivity index (χ1) is 8.74. The Morgan fingerprint density at radius 1 is 1.28 bits per heavy atom. The second kappa shape index (κ2) is 5.53. The summed E-state index contributed by atoms with van der Waals surface area (Å²) in [5.41, 5.74) is 1.61. The zero-order valence-corrected chi connectivity index (χ0v) is 10.4. The normalized spacial score (nSPS) is 15.4. The lowest BCUT2D eigenvalue weighted by atomic mass is 10.1. The highest BCUT2D eigenvalue weighted by molar-refractivity contribution is 5.95. The summed E-state index contributed by atoms with van der Waals surface area (Å²) in [5.74, 6) is 0.0256. The maximum atomic E-state index is 12.3. The third-order valence-electron chi connectivity index (χ3n) is 3.15. The molecule has 0 aromatic heterocycles. The Labute approximate surface area is 106 Å². The van der Waals surface area contributed by atoms with E-state index in [2.05, 4.69) is 5.32 Å². The lowest BCUT2D eigenvalue weighted by molar-refractivity contribution is -0.119. The minimum Gasteiger partial charge on any atom is -0.388 e. The third-order valence-corrected chi connectivity index (χ3v) is 3.15. The number of benzene rings is 1. The van der Waals surface area contributed by atoms with Gasteiger partial charge >= 0.3 is 0 Å². The predicted octanol–water partition coefficient (Wildman–Crippen LogP) is 0.642. The number of carbonyl (C=O) groups is 2. The summed E-state index contributed by atoms with van der Waals surface area (Å²) in [6, 6.07) is 7.44. The van der Waals surface area contributed by atoms with Crippen LogP contribution in [0, 0.1) is 0 Å². The monoisotopic (exact) mass is 247 g/mol. The quantitative estimate of drug-likeness (QED) is 0.798. The molecule has 1 saturated heterocycles. The smallest absolute Gasteiger partial charge is 0.254 e. The molecule has 18 heavy (non-hydrogen) atoms. The van der Waals surface area contributed by atoms with Crippen LogP contribution in [-0.4, -0.2) is 55.3 Å². The highest BCUT2D eigenvalue weighted by atomic mass is 16.2. The first-order valence-corrected chi connectivity index (χ1v) is 6.01. The van der Waals surface area contributed by atoms with Crippen LogP contribution in [0.2, 0.25) is 0 Å². The van der Waals surface area contributed by atoms with E-state index in [4.69, 9.17) is 0 Å². The third kappa shape index (κ3) is 2.61. The fourth-order valence-corrected chi connectivity index (χ4v) is 2.02. The van der Waals surface area contributed by atoms with Gasteiger partial charge in [0, 0.05) is 44.5 Å². The molecule has 2 rings (SSSR count). The molecule has 0 aliphatic carbocycles. The number of nitrogens with zero attached hydrogens (tertiary/aromatic N) is 2. The number of rotatable bonds is 3. The average molecular weight is 247 g/mol. The summed E-state index contributed by atoms with van der Waals surface area (Å²) in [5, 5.41) is 3.02. The molecule has 1 heterocycles. The van der Waals surface area contributed by atoms with Crippen LogP contribution in [0.4, 0.5) is 5.69 Å². The van der Waals surface area contributed by atoms with Crippen molar-refractivity contribution in [2.75, 3.05) is 38.5 Å². The van der Waals surface area contributed by atoms with Crippen LogP contribution in [-0.2, 0) is 4.79 Å². The van der Waals surface area contributed by atoms with E-state index in [0.717, 1.165) is 12.1 Å². The molecule has 1 aromatic rings. The van der Waals surface area contributed by atoms with Crippen LogP contribution in [0.25, 0.3) is 0 Å². The van der Waals surface area contributed by atoms with Gasteiger partial charge in [-0.15, -0.1) is 0 Å². The van der Waals surface area contributed by atoms with Crippen LogP contribution in [0.15, 0.2) is 24.3 Å². The number of amides is 2. The van der Waals surface area contributed by atoms with Gasteiger partial charge in [0.25, 0.3) is 5.91 Å². The van der Waals surface area contributed by atoms with Crippen molar-refractivity contribution in [3.8, 4) is 0 Å². The van der Waals surface area contributed by atoms with Gasteiger partial charge in [-0.05, 0) is 18.2 Å². The standard InChI is InChI=1S/C13H17N3O2/c1-14-12-4-2-3-11(9-12)13(18)16-7-5-15(10-17)6-8-16/h2-4,9-10,14H,5-8H2,1H3. The van der Waals surface area contributed by atoms with Crippen LogP contribution in [0.1, 0.15) is 10.4 Å². The van der Waals surface area contributed by atoms with Gasteiger partial charge in [0.05, 0.1) is 0 Å². The molecular formula is C13H17N3O2. The number of piperazine rings is 1. The second-order valence-electron chi connectivity index (χ2n) is 4.26. The molecule has 0 radical (unpaired) electrons. The average Bonchev–Trinajstić information content (AvgIpc) is 2.46. The minimum atomic E-state index is 0.0256. The number of nitrogens with one attached hydrogen (secondary N) is 1. The molecular weight excluding hydrogens is 230 g/mol. The molecule has 1 aromatic carbocycles. The van der Waals surface area contributed by atoms with E-state index in [1.54, 1.807) is 9.80 Å². The van der Waals surface area contributed by atoms with Gasteiger partial charge in [0.1, 0.15) is 0 Å². The molecule has 0 spiro atoms. The molecule has 0 saturated carbocycles. The summed E-state index contributed by atoms with van der Waals surface area (Å²) in [6.07, 6.45) is 0.837. The Hall–Kier alpha value is -2.04. The highest BCUT2D eigenvalue weighted by Gasteiger charge is 2.21. The van der Waals surface area contributed by atoms with E-state index in [1.807, 2.05) is 31.3 Å². The van der Waals surface area contributed by atoms with E-state index >= 15 is 0 Å². The van der Waals surface area contributed by atoms with E-state index in [0.29, 0.717) is 31.7 Å². The van der Waals surface area contributed by atoms with Crippen molar-refractivity contribution in [3.63, 3.8) is 0 Å². The van der Waals surface area contributed by atoms with E-state index < -0.39 is 0 Å². The second-order valence-corrected chi connectivity index (χ2v) is 4.26. The van der Waals surface area contributed by atoms with Gasteiger partial charge in [0.15, 0.2) is 0 Å². The van der Waals surface area contributed by atoms with Crippen molar-refractivity contribution in [1.82, 2.24) is 9.80 Å². The lowest BCUT2D eigenvalue weighted by Gasteiger charge is -2.32. The molecule has 1 aliphatic heterocycles. The van der Waals surface area contributed by atoms with Crippen LogP contribution in [0.5, 0.6) is 0 Å². The molecule has 5 nitrogen and oxygen atoms in total. The molecule has 0 unspecified atom stereocenters. The summed E-state index contributed by atoms with van der Waals surface area (Å²) in [6.45, 7) is 2.42. The molecule has 1 N–H and O–H groups in total. The van der Waals surface area contributed by atoms with Crippen LogP contribution in [0.3, 0.4) is 0 Å². The van der Waals surface area contributed by atoms with E-state index in [-0.39, 0.29) is 5.91 Å². The molecule has 1 aliphatic rings. The van der Waals surface area contributed by atoms with Crippen molar-refractivity contribution >= 4 is 18.0 Å². The fraction of sp³-hybridized carbons (Fsp3) is 0.385. The summed E-state index contributed by atoms with van der Waals surface area (Å²) >= 11 is 0. The maximum Gasteiger partial charge on any atom is 0.254 e. The van der Waals surface area contributed by atoms with Gasteiger partial charge in [-0.3, -0.25) is 9.59 Å². The Morgan fingerprint density at radius 3 is 2.61 bits per heavy atom. The Balaban J connectivity index is 2.05. The van der Waals surface area contributed by atoms with Crippen molar-refractivity contribution in [1.29, 1.82) is 0 Å². The van der Waals surface area contributed by atoms with Gasteiger partial charge in [-0.25, -0.2) is 0 Å². The molecule has 96 valence electrons. The van der Waals surface area contributed by atoms with Gasteiger partial charge in [0.2, 0.25) is 6.41 Å². The first-order valence-electron chi connectivity index (χ1n) is 6.01. The molecule has 1 fully saturated rings. The maximum absolute atomic E-state index is 12.3. The molecule has 0 bridgehead atoms. The largest absolute Gasteiger partial charge is 0.388 e. The zero-order valence-electron chi connectivity index (χ0n) is 10.4. The number of hydrogen-bond acceptors (Lipinski definition) is 3. The van der Waals surface area contributed by atoms with Crippen LogP contribution >= 0.6 is 0 Å². The minimum absolute atomic E-state index is 0.0256. The van der Waals surface area contributed by atoms with Gasteiger partial charge in [-0.1, -0.05) is 6.07 Å². The zero-order chi connectivity index (χ0) is 13.0. The molecule has 2 amide bonds. The SMILES string of the molecule is CNc1cccc(C(=O)N2CCN(C=O)CC2)c1. The Morgan fingerprint density at radius 2 is 2.00 bits per heavy atom. The van der Waals surface area contributed by atoms with Gasteiger partial charge < -0.3 is 15.1 Å². The van der Waals surface area contributed by atoms with E-state index in [9.17, 15) is 9.59 Å². The summed E-state index contributed by atoms with van der Waals surface area (Å²) in [7, 11) is 1.83. The fourth-order valence-electron chi connectivity index (χ4n) is 2.02. The van der Waals surface area contributed by atoms with Crippen molar-refractivity contribution in [2.24, 2.45) is 0 Å². The van der Waals surface area contributed by atoms with E-state index in [1.165, 1.54) is 0 Å². The number of anilines is 1. The predicted molar refractivity (Wildman–Crippen MR) is 69.5 cm³/mol. The summed E-state index contributed by atoms with van der Waals surface area (Å²) in [4.78, 5) is 26.3. The highest BCUT2D eigenvalue weighted by Crippen LogP contribution is 2.13. The first kappa shape index (κ1) is 12.4.